The molecule has 1 aromatic carbocycles. The molecule has 1 aromatic rings. The first-order chi connectivity index (χ1) is 9.40. The van der Waals surface area contributed by atoms with E-state index in [1.807, 2.05) is 0 Å². The third-order valence-electron chi connectivity index (χ3n) is 3.16. The van der Waals surface area contributed by atoms with E-state index in [0.717, 1.165) is 4.90 Å². The highest BCUT2D eigenvalue weighted by atomic mass is 16.2. The van der Waals surface area contributed by atoms with E-state index in [1.165, 1.54) is 7.05 Å². The zero-order valence-corrected chi connectivity index (χ0v) is 11.6. The average Bonchev–Trinajstić information content (AvgIpc) is 2.67. The molecule has 1 fully saturated rings. The van der Waals surface area contributed by atoms with Crippen molar-refractivity contribution in [1.29, 1.82) is 0 Å². The summed E-state index contributed by atoms with van der Waals surface area (Å²) in [5.41, 5.74) is 1.26. The fraction of sp³-hybridized carbons (Fsp3) is 0.357. The number of amides is 4. The Hall–Kier alpha value is -2.37. The number of hydrogen-bond acceptors (Lipinski definition) is 3. The number of rotatable bonds is 3. The van der Waals surface area contributed by atoms with Crippen molar-refractivity contribution < 1.29 is 14.4 Å². The highest BCUT2D eigenvalue weighted by Gasteiger charge is 2.36. The molecule has 6 nitrogen and oxygen atoms in total. The highest BCUT2D eigenvalue weighted by Crippen LogP contribution is 2.23. The van der Waals surface area contributed by atoms with Crippen LogP contribution in [-0.2, 0) is 9.59 Å². The van der Waals surface area contributed by atoms with Crippen LogP contribution < -0.4 is 10.6 Å². The van der Waals surface area contributed by atoms with Gasteiger partial charge in [0.2, 0.25) is 5.91 Å². The van der Waals surface area contributed by atoms with Crippen LogP contribution in [0.3, 0.4) is 0 Å². The maximum Gasteiger partial charge on any atom is 0.324 e. The van der Waals surface area contributed by atoms with Gasteiger partial charge in [0.25, 0.3) is 5.91 Å². The summed E-state index contributed by atoms with van der Waals surface area (Å²) in [7, 11) is 1.43. The number of nitrogens with zero attached hydrogens (tertiary/aromatic N) is 1. The second-order valence-corrected chi connectivity index (χ2v) is 5.05. The normalized spacial score (nSPS) is 18.4. The Bertz CT molecular complexity index is 569. The van der Waals surface area contributed by atoms with Crippen molar-refractivity contribution in [3.8, 4) is 0 Å². The fourth-order valence-corrected chi connectivity index (χ4v) is 1.88. The average molecular weight is 275 g/mol. The molecule has 1 aliphatic heterocycles. The molecule has 0 aromatic heterocycles. The maximum atomic E-state index is 11.9. The van der Waals surface area contributed by atoms with Crippen molar-refractivity contribution >= 4 is 23.5 Å². The number of carbonyl (C=O) groups is 3. The zero-order chi connectivity index (χ0) is 14.9. The van der Waals surface area contributed by atoms with Crippen LogP contribution in [0.2, 0.25) is 0 Å². The third-order valence-corrected chi connectivity index (χ3v) is 3.16. The van der Waals surface area contributed by atoms with E-state index >= 15 is 0 Å². The van der Waals surface area contributed by atoms with Gasteiger partial charge in [-0.1, -0.05) is 26.0 Å². The standard InChI is InChI=1S/C14H17N3O3/c1-8(2)12(18)15-10-6-4-5-9(7-10)11-13(19)17(3)14(20)16-11/h4-8,11H,1-3H3,(H,15,18)(H,16,20). The van der Waals surface area contributed by atoms with Crippen LogP contribution >= 0.6 is 0 Å². The molecule has 106 valence electrons. The largest absolute Gasteiger partial charge is 0.326 e. The minimum absolute atomic E-state index is 0.0962. The number of hydrogen-bond donors (Lipinski definition) is 2. The molecule has 1 aliphatic rings. The van der Waals surface area contributed by atoms with Gasteiger partial charge in [-0.3, -0.25) is 14.5 Å². The first kappa shape index (κ1) is 14.0. The molecule has 6 heteroatoms. The summed E-state index contributed by atoms with van der Waals surface area (Å²) in [4.78, 5) is 36.1. The maximum absolute atomic E-state index is 11.9. The second-order valence-electron chi connectivity index (χ2n) is 5.05. The Kier molecular flexibility index (Phi) is 3.74. The summed E-state index contributed by atoms with van der Waals surface area (Å²) in [5, 5.41) is 5.36. The van der Waals surface area contributed by atoms with Gasteiger partial charge in [0, 0.05) is 18.7 Å². The van der Waals surface area contributed by atoms with Crippen molar-refractivity contribution in [2.75, 3.05) is 12.4 Å². The summed E-state index contributed by atoms with van der Waals surface area (Å²) in [6.45, 7) is 3.60. The molecule has 0 spiro atoms. The highest BCUT2D eigenvalue weighted by molar-refractivity contribution is 6.04. The quantitative estimate of drug-likeness (QED) is 0.821. The van der Waals surface area contributed by atoms with Gasteiger partial charge < -0.3 is 10.6 Å². The van der Waals surface area contributed by atoms with Gasteiger partial charge in [0.05, 0.1) is 0 Å². The Balaban J connectivity index is 2.20. The van der Waals surface area contributed by atoms with E-state index in [9.17, 15) is 14.4 Å². The van der Waals surface area contributed by atoms with Gasteiger partial charge >= 0.3 is 6.03 Å². The van der Waals surface area contributed by atoms with Gasteiger partial charge in [0.15, 0.2) is 0 Å². The lowest BCUT2D eigenvalue weighted by Crippen LogP contribution is -2.25. The first-order valence-corrected chi connectivity index (χ1v) is 6.39. The van der Waals surface area contributed by atoms with Crippen LogP contribution in [0.25, 0.3) is 0 Å². The molecule has 2 N–H and O–H groups in total. The van der Waals surface area contributed by atoms with Crippen LogP contribution in [0.5, 0.6) is 0 Å². The Morgan fingerprint density at radius 2 is 2.05 bits per heavy atom. The van der Waals surface area contributed by atoms with Crippen molar-refractivity contribution in [3.63, 3.8) is 0 Å². The monoisotopic (exact) mass is 275 g/mol. The Morgan fingerprint density at radius 3 is 2.60 bits per heavy atom. The lowest BCUT2D eigenvalue weighted by Gasteiger charge is -2.12. The van der Waals surface area contributed by atoms with Gasteiger partial charge in [-0.15, -0.1) is 0 Å². The van der Waals surface area contributed by atoms with Crippen molar-refractivity contribution in [3.05, 3.63) is 29.8 Å². The molecule has 0 radical (unpaired) electrons. The molecule has 20 heavy (non-hydrogen) atoms. The summed E-state index contributed by atoms with van der Waals surface area (Å²) >= 11 is 0. The number of imide groups is 1. The number of benzene rings is 1. The predicted octanol–water partition coefficient (Wildman–Crippen LogP) is 1.50. The Morgan fingerprint density at radius 1 is 1.35 bits per heavy atom. The summed E-state index contributed by atoms with van der Waals surface area (Å²) in [6.07, 6.45) is 0. The zero-order valence-electron chi connectivity index (χ0n) is 11.6. The molecular weight excluding hydrogens is 258 g/mol. The third kappa shape index (κ3) is 2.64. The molecule has 1 saturated heterocycles. The van der Waals surface area contributed by atoms with Crippen LogP contribution in [0.1, 0.15) is 25.5 Å². The number of urea groups is 1. The van der Waals surface area contributed by atoms with E-state index in [0.29, 0.717) is 11.3 Å². The SMILES string of the molecule is CC(C)C(=O)Nc1cccc(C2NC(=O)N(C)C2=O)c1. The van der Waals surface area contributed by atoms with Crippen molar-refractivity contribution in [2.45, 2.75) is 19.9 Å². The summed E-state index contributed by atoms with van der Waals surface area (Å²) < 4.78 is 0. The molecule has 0 aliphatic carbocycles. The topological polar surface area (TPSA) is 78.5 Å². The summed E-state index contributed by atoms with van der Waals surface area (Å²) in [6, 6.07) is 5.81. The number of anilines is 1. The summed E-state index contributed by atoms with van der Waals surface area (Å²) in [5.74, 6) is -0.527. The second kappa shape index (κ2) is 5.32. The van der Waals surface area contributed by atoms with E-state index in [2.05, 4.69) is 10.6 Å². The van der Waals surface area contributed by atoms with E-state index < -0.39 is 12.1 Å². The number of likely N-dealkylation sites (N-methyl/N-ethyl adjacent to an activating group) is 1. The smallest absolute Gasteiger partial charge is 0.324 e. The lowest BCUT2D eigenvalue weighted by atomic mass is 10.1. The Labute approximate surface area is 117 Å². The number of nitrogens with one attached hydrogen (secondary N) is 2. The minimum Gasteiger partial charge on any atom is -0.326 e. The molecule has 0 bridgehead atoms. The van der Waals surface area contributed by atoms with E-state index in [-0.39, 0.29) is 17.7 Å². The first-order valence-electron chi connectivity index (χ1n) is 6.39. The fourth-order valence-electron chi connectivity index (χ4n) is 1.88. The van der Waals surface area contributed by atoms with Crippen molar-refractivity contribution in [2.24, 2.45) is 5.92 Å². The number of carbonyl (C=O) groups excluding carboxylic acids is 3. The van der Waals surface area contributed by atoms with Crippen LogP contribution in [0.15, 0.2) is 24.3 Å². The molecule has 2 rings (SSSR count). The van der Waals surface area contributed by atoms with E-state index in [1.54, 1.807) is 38.1 Å². The predicted molar refractivity (Wildman–Crippen MR) is 74.0 cm³/mol. The molecule has 1 atom stereocenters. The molecular formula is C14H17N3O3. The molecule has 0 saturated carbocycles. The van der Waals surface area contributed by atoms with Crippen LogP contribution in [0.4, 0.5) is 10.5 Å². The van der Waals surface area contributed by atoms with Gasteiger partial charge in [0.1, 0.15) is 6.04 Å². The van der Waals surface area contributed by atoms with Crippen LogP contribution in [0, 0.1) is 5.92 Å². The van der Waals surface area contributed by atoms with Gasteiger partial charge in [-0.25, -0.2) is 4.79 Å². The molecule has 4 amide bonds. The minimum atomic E-state index is -0.691. The lowest BCUT2D eigenvalue weighted by molar-refractivity contribution is -0.126. The van der Waals surface area contributed by atoms with Gasteiger partial charge in [-0.05, 0) is 17.7 Å². The molecule has 1 unspecified atom stereocenters. The van der Waals surface area contributed by atoms with E-state index in [4.69, 9.17) is 0 Å². The molecule has 1 heterocycles. The van der Waals surface area contributed by atoms with Gasteiger partial charge in [-0.2, -0.15) is 0 Å². The van der Waals surface area contributed by atoms with Crippen molar-refractivity contribution in [1.82, 2.24) is 10.2 Å². The van der Waals surface area contributed by atoms with Crippen LogP contribution in [-0.4, -0.2) is 29.8 Å².